The summed E-state index contributed by atoms with van der Waals surface area (Å²) in [6.45, 7) is 6.87. The molecular formula is C20H27N3O2. The highest BCUT2D eigenvalue weighted by Gasteiger charge is 2.31. The number of nitrogens with zero attached hydrogens (tertiary/aromatic N) is 2. The lowest BCUT2D eigenvalue weighted by atomic mass is 9.74. The number of nitrogens with one attached hydrogen (secondary N) is 1. The van der Waals surface area contributed by atoms with Crippen LogP contribution < -0.4 is 5.32 Å². The summed E-state index contributed by atoms with van der Waals surface area (Å²) in [5, 5.41) is 3.12. The molecule has 1 aliphatic rings. The summed E-state index contributed by atoms with van der Waals surface area (Å²) in [6, 6.07) is 8.02. The summed E-state index contributed by atoms with van der Waals surface area (Å²) in [6.07, 6.45) is 7.99. The Balaban J connectivity index is 1.50. The maximum absolute atomic E-state index is 12.3. The first-order chi connectivity index (χ1) is 12.0. The van der Waals surface area contributed by atoms with E-state index in [2.05, 4.69) is 24.1 Å². The predicted octanol–water partition coefficient (Wildman–Crippen LogP) is 2.98. The molecule has 1 aromatic carbocycles. The first-order valence-corrected chi connectivity index (χ1v) is 8.96. The molecule has 1 aromatic heterocycles. The Bertz CT molecular complexity index is 671. The summed E-state index contributed by atoms with van der Waals surface area (Å²) >= 11 is 0. The molecule has 0 aliphatic carbocycles. The van der Waals surface area contributed by atoms with Gasteiger partial charge in [-0.2, -0.15) is 0 Å². The first kappa shape index (κ1) is 17.7. The van der Waals surface area contributed by atoms with Gasteiger partial charge in [-0.15, -0.1) is 0 Å². The Morgan fingerprint density at radius 3 is 2.64 bits per heavy atom. The SMILES string of the molecule is CC(C)(CNC(=O)Cc1ccc(-n2ccnc2)cc1)C1CCOCC1. The van der Waals surface area contributed by atoms with Crippen molar-refractivity contribution in [3.63, 3.8) is 0 Å². The summed E-state index contributed by atoms with van der Waals surface area (Å²) in [5.41, 5.74) is 2.16. The minimum Gasteiger partial charge on any atom is -0.381 e. The third kappa shape index (κ3) is 4.69. The van der Waals surface area contributed by atoms with Crippen LogP contribution in [0.1, 0.15) is 32.3 Å². The Labute approximate surface area is 149 Å². The molecule has 2 aromatic rings. The summed E-state index contributed by atoms with van der Waals surface area (Å²) in [4.78, 5) is 16.4. The molecule has 2 heterocycles. The van der Waals surface area contributed by atoms with Crippen LogP contribution in [0.5, 0.6) is 0 Å². The van der Waals surface area contributed by atoms with Crippen molar-refractivity contribution in [2.24, 2.45) is 11.3 Å². The molecule has 5 nitrogen and oxygen atoms in total. The fraction of sp³-hybridized carbons (Fsp3) is 0.500. The monoisotopic (exact) mass is 341 g/mol. The van der Waals surface area contributed by atoms with Crippen LogP contribution in [0.4, 0.5) is 0 Å². The van der Waals surface area contributed by atoms with E-state index >= 15 is 0 Å². The third-order valence-electron chi connectivity index (χ3n) is 5.17. The van der Waals surface area contributed by atoms with Gasteiger partial charge in [-0.3, -0.25) is 4.79 Å². The molecule has 5 heteroatoms. The van der Waals surface area contributed by atoms with Gasteiger partial charge in [0.1, 0.15) is 0 Å². The smallest absolute Gasteiger partial charge is 0.224 e. The van der Waals surface area contributed by atoms with Crippen LogP contribution >= 0.6 is 0 Å². The largest absolute Gasteiger partial charge is 0.381 e. The van der Waals surface area contributed by atoms with Crippen molar-refractivity contribution in [3.05, 3.63) is 48.5 Å². The number of ether oxygens (including phenoxy) is 1. The van der Waals surface area contributed by atoms with Gasteiger partial charge in [0, 0.05) is 37.8 Å². The van der Waals surface area contributed by atoms with Crippen LogP contribution in [0.3, 0.4) is 0 Å². The molecule has 25 heavy (non-hydrogen) atoms. The molecule has 0 atom stereocenters. The lowest BCUT2D eigenvalue weighted by Crippen LogP contribution is -2.41. The number of hydrogen-bond donors (Lipinski definition) is 1. The van der Waals surface area contributed by atoms with Crippen molar-refractivity contribution in [1.29, 1.82) is 0 Å². The summed E-state index contributed by atoms with van der Waals surface area (Å²) < 4.78 is 7.39. The van der Waals surface area contributed by atoms with Gasteiger partial charge in [-0.05, 0) is 41.9 Å². The maximum Gasteiger partial charge on any atom is 0.224 e. The van der Waals surface area contributed by atoms with Crippen molar-refractivity contribution in [3.8, 4) is 5.69 Å². The highest BCUT2D eigenvalue weighted by Crippen LogP contribution is 2.33. The molecule has 1 saturated heterocycles. The van der Waals surface area contributed by atoms with E-state index in [1.165, 1.54) is 0 Å². The molecule has 0 bridgehead atoms. The van der Waals surface area contributed by atoms with Crippen LogP contribution in [0.15, 0.2) is 43.0 Å². The molecule has 0 unspecified atom stereocenters. The molecule has 3 rings (SSSR count). The number of rotatable bonds is 6. The molecule has 0 radical (unpaired) electrons. The van der Waals surface area contributed by atoms with Crippen molar-refractivity contribution in [1.82, 2.24) is 14.9 Å². The van der Waals surface area contributed by atoms with E-state index in [1.807, 2.05) is 35.0 Å². The zero-order valence-corrected chi connectivity index (χ0v) is 15.1. The fourth-order valence-electron chi connectivity index (χ4n) is 3.40. The second kappa shape index (κ2) is 7.83. The molecule has 0 spiro atoms. The molecule has 1 amide bonds. The van der Waals surface area contributed by atoms with Crippen LogP contribution in [-0.2, 0) is 16.0 Å². The van der Waals surface area contributed by atoms with Gasteiger partial charge in [-0.1, -0.05) is 26.0 Å². The van der Waals surface area contributed by atoms with Gasteiger partial charge < -0.3 is 14.6 Å². The number of aromatic nitrogens is 2. The molecule has 1 N–H and O–H groups in total. The number of amides is 1. The van der Waals surface area contributed by atoms with Crippen molar-refractivity contribution in [2.75, 3.05) is 19.8 Å². The molecule has 1 aliphatic heterocycles. The topological polar surface area (TPSA) is 56.2 Å². The number of benzene rings is 1. The lowest BCUT2D eigenvalue weighted by molar-refractivity contribution is -0.121. The van der Waals surface area contributed by atoms with Gasteiger partial charge in [0.25, 0.3) is 0 Å². The lowest BCUT2D eigenvalue weighted by Gasteiger charge is -2.37. The van der Waals surface area contributed by atoms with Crippen molar-refractivity contribution in [2.45, 2.75) is 33.1 Å². The van der Waals surface area contributed by atoms with Gasteiger partial charge >= 0.3 is 0 Å². The van der Waals surface area contributed by atoms with Gasteiger partial charge in [0.05, 0.1) is 12.7 Å². The van der Waals surface area contributed by atoms with E-state index in [1.54, 1.807) is 12.5 Å². The van der Waals surface area contributed by atoms with E-state index in [0.29, 0.717) is 18.9 Å². The predicted molar refractivity (Wildman–Crippen MR) is 97.6 cm³/mol. The Kier molecular flexibility index (Phi) is 5.53. The Morgan fingerprint density at radius 1 is 1.28 bits per heavy atom. The zero-order valence-electron chi connectivity index (χ0n) is 15.1. The fourth-order valence-corrected chi connectivity index (χ4v) is 3.40. The van der Waals surface area contributed by atoms with Crippen LogP contribution in [0.2, 0.25) is 0 Å². The van der Waals surface area contributed by atoms with Crippen LogP contribution in [-0.4, -0.2) is 35.2 Å². The van der Waals surface area contributed by atoms with Gasteiger partial charge in [0.15, 0.2) is 0 Å². The number of hydrogen-bond acceptors (Lipinski definition) is 3. The standard InChI is InChI=1S/C20H27N3O2/c1-20(2,17-7-11-25-12-8-17)14-22-19(24)13-16-3-5-18(6-4-16)23-10-9-21-15-23/h3-6,9-10,15,17H,7-8,11-14H2,1-2H3,(H,22,24). The van der Waals surface area contributed by atoms with Crippen LogP contribution in [0, 0.1) is 11.3 Å². The van der Waals surface area contributed by atoms with E-state index in [4.69, 9.17) is 4.74 Å². The summed E-state index contributed by atoms with van der Waals surface area (Å²) in [7, 11) is 0. The second-order valence-electron chi connectivity index (χ2n) is 7.47. The molecule has 0 saturated carbocycles. The van der Waals surface area contributed by atoms with Crippen molar-refractivity contribution < 1.29 is 9.53 Å². The van der Waals surface area contributed by atoms with Crippen molar-refractivity contribution >= 4 is 5.91 Å². The first-order valence-electron chi connectivity index (χ1n) is 8.96. The third-order valence-corrected chi connectivity index (χ3v) is 5.17. The van der Waals surface area contributed by atoms with E-state index in [-0.39, 0.29) is 11.3 Å². The highest BCUT2D eigenvalue weighted by molar-refractivity contribution is 5.78. The van der Waals surface area contributed by atoms with Gasteiger partial charge in [0.2, 0.25) is 5.91 Å². The van der Waals surface area contributed by atoms with E-state index in [0.717, 1.165) is 37.3 Å². The van der Waals surface area contributed by atoms with E-state index < -0.39 is 0 Å². The minimum absolute atomic E-state index is 0.0792. The molecule has 1 fully saturated rings. The zero-order chi connectivity index (χ0) is 17.7. The number of carbonyl (C=O) groups is 1. The van der Waals surface area contributed by atoms with Gasteiger partial charge in [-0.25, -0.2) is 4.98 Å². The normalized spacial score (nSPS) is 15.9. The molecular weight excluding hydrogens is 314 g/mol. The Hall–Kier alpha value is -2.14. The second-order valence-corrected chi connectivity index (χ2v) is 7.47. The highest BCUT2D eigenvalue weighted by atomic mass is 16.5. The summed E-state index contributed by atoms with van der Waals surface area (Å²) in [5.74, 6) is 0.687. The number of carbonyl (C=O) groups excluding carboxylic acids is 1. The molecule has 134 valence electrons. The maximum atomic E-state index is 12.3. The quantitative estimate of drug-likeness (QED) is 0.879. The Morgan fingerprint density at radius 2 is 2.00 bits per heavy atom. The van der Waals surface area contributed by atoms with E-state index in [9.17, 15) is 4.79 Å². The van der Waals surface area contributed by atoms with Crippen LogP contribution in [0.25, 0.3) is 5.69 Å². The average Bonchev–Trinajstić information content (AvgIpc) is 3.16. The minimum atomic E-state index is 0.0792. The number of imidazole rings is 1. The average molecular weight is 341 g/mol.